The van der Waals surface area contributed by atoms with Crippen LogP contribution in [-0.4, -0.2) is 23.8 Å². The van der Waals surface area contributed by atoms with Gasteiger partial charge in [-0.1, -0.05) is 23.2 Å². The molecule has 1 N–H and O–H groups in total. The molecule has 144 valence electrons. The highest BCUT2D eigenvalue weighted by atomic mass is 35.5. The Labute approximate surface area is 173 Å². The average Bonchev–Trinajstić information content (AvgIpc) is 2.95. The van der Waals surface area contributed by atoms with E-state index in [0.29, 0.717) is 21.4 Å². The first-order chi connectivity index (χ1) is 13.4. The number of ether oxygens (including phenoxy) is 1. The van der Waals surface area contributed by atoms with Crippen LogP contribution in [0.25, 0.3) is 5.69 Å². The number of nitrogens with one attached hydrogen (secondary N) is 1. The molecule has 1 amide bonds. The molecule has 0 bridgehead atoms. The monoisotopic (exact) mass is 415 g/mol. The van der Waals surface area contributed by atoms with Crippen molar-refractivity contribution in [2.24, 2.45) is 5.10 Å². The van der Waals surface area contributed by atoms with Crippen molar-refractivity contribution in [2.45, 2.75) is 13.8 Å². The topological polar surface area (TPSA) is 55.6 Å². The Bertz CT molecular complexity index is 1040. The van der Waals surface area contributed by atoms with Gasteiger partial charge in [-0.05, 0) is 62.4 Å². The number of methoxy groups -OCH3 is 1. The van der Waals surface area contributed by atoms with Gasteiger partial charge in [0.2, 0.25) is 0 Å². The Kier molecular flexibility index (Phi) is 6.07. The summed E-state index contributed by atoms with van der Waals surface area (Å²) in [5.41, 5.74) is 6.82. The van der Waals surface area contributed by atoms with E-state index in [1.807, 2.05) is 38.1 Å². The first-order valence-electron chi connectivity index (χ1n) is 8.52. The molecule has 3 aromatic rings. The summed E-state index contributed by atoms with van der Waals surface area (Å²) in [5, 5.41) is 5.19. The van der Waals surface area contributed by atoms with Gasteiger partial charge in [0.25, 0.3) is 5.91 Å². The van der Waals surface area contributed by atoms with Crippen LogP contribution >= 0.6 is 23.2 Å². The van der Waals surface area contributed by atoms with Gasteiger partial charge in [-0.25, -0.2) is 5.43 Å². The second-order valence-corrected chi connectivity index (χ2v) is 7.03. The molecule has 0 atom stereocenters. The maximum Gasteiger partial charge on any atom is 0.271 e. The van der Waals surface area contributed by atoms with E-state index in [9.17, 15) is 4.79 Å². The molecule has 0 unspecified atom stereocenters. The molecule has 0 spiro atoms. The lowest BCUT2D eigenvalue weighted by molar-refractivity contribution is 0.0955. The molecule has 1 heterocycles. The van der Waals surface area contributed by atoms with Crippen LogP contribution in [-0.2, 0) is 0 Å². The fourth-order valence-electron chi connectivity index (χ4n) is 2.94. The zero-order chi connectivity index (χ0) is 20.3. The fraction of sp³-hybridized carbons (Fsp3) is 0.143. The Morgan fingerprint density at radius 2 is 1.82 bits per heavy atom. The van der Waals surface area contributed by atoms with E-state index in [2.05, 4.69) is 15.1 Å². The van der Waals surface area contributed by atoms with Crippen LogP contribution in [0.4, 0.5) is 0 Å². The lowest BCUT2D eigenvalue weighted by Crippen LogP contribution is -2.17. The van der Waals surface area contributed by atoms with Crippen molar-refractivity contribution in [2.75, 3.05) is 7.11 Å². The number of hydrogen-bond donors (Lipinski definition) is 1. The number of aromatic nitrogens is 1. The number of carbonyl (C=O) groups is 1. The van der Waals surface area contributed by atoms with Crippen LogP contribution in [0.1, 0.15) is 27.3 Å². The minimum absolute atomic E-state index is 0.302. The van der Waals surface area contributed by atoms with E-state index in [-0.39, 0.29) is 5.91 Å². The van der Waals surface area contributed by atoms with Crippen LogP contribution in [0.5, 0.6) is 5.75 Å². The number of benzene rings is 2. The predicted octanol–water partition coefficient (Wildman–Crippen LogP) is 5.17. The van der Waals surface area contributed by atoms with Gasteiger partial charge >= 0.3 is 0 Å². The Balaban J connectivity index is 1.80. The molecule has 7 heteroatoms. The Morgan fingerprint density at radius 1 is 1.11 bits per heavy atom. The number of rotatable bonds is 5. The third-order valence-electron chi connectivity index (χ3n) is 4.34. The second kappa shape index (κ2) is 8.50. The quantitative estimate of drug-likeness (QED) is 0.461. The van der Waals surface area contributed by atoms with Crippen molar-refractivity contribution >= 4 is 35.3 Å². The normalized spacial score (nSPS) is 11.0. The van der Waals surface area contributed by atoms with Gasteiger partial charge in [0.1, 0.15) is 5.75 Å². The average molecular weight is 416 g/mol. The van der Waals surface area contributed by atoms with E-state index >= 15 is 0 Å². The van der Waals surface area contributed by atoms with Crippen molar-refractivity contribution in [1.82, 2.24) is 9.99 Å². The zero-order valence-electron chi connectivity index (χ0n) is 15.7. The van der Waals surface area contributed by atoms with Gasteiger partial charge in [-0.3, -0.25) is 4.79 Å². The van der Waals surface area contributed by atoms with E-state index in [0.717, 1.165) is 22.6 Å². The van der Waals surface area contributed by atoms with Crippen LogP contribution < -0.4 is 10.2 Å². The Hall–Kier alpha value is -2.76. The molecule has 1 aromatic heterocycles. The van der Waals surface area contributed by atoms with Gasteiger partial charge in [0, 0.05) is 33.2 Å². The van der Waals surface area contributed by atoms with Crippen molar-refractivity contribution < 1.29 is 9.53 Å². The molecule has 3 rings (SSSR count). The number of carbonyl (C=O) groups excluding carboxylic acids is 1. The third-order valence-corrected chi connectivity index (χ3v) is 4.89. The van der Waals surface area contributed by atoms with Crippen molar-refractivity contribution in [1.29, 1.82) is 0 Å². The number of aryl methyl sites for hydroxylation is 1. The van der Waals surface area contributed by atoms with E-state index in [1.165, 1.54) is 0 Å². The van der Waals surface area contributed by atoms with Crippen LogP contribution in [0, 0.1) is 13.8 Å². The van der Waals surface area contributed by atoms with Crippen LogP contribution in [0.2, 0.25) is 10.0 Å². The Morgan fingerprint density at radius 3 is 2.46 bits per heavy atom. The second-order valence-electron chi connectivity index (χ2n) is 6.19. The summed E-state index contributed by atoms with van der Waals surface area (Å²) in [6, 6.07) is 14.2. The highest BCUT2D eigenvalue weighted by molar-refractivity contribution is 6.32. The summed E-state index contributed by atoms with van der Waals surface area (Å²) >= 11 is 12.1. The van der Waals surface area contributed by atoms with Gasteiger partial charge < -0.3 is 9.30 Å². The van der Waals surface area contributed by atoms with Crippen LogP contribution in [0.15, 0.2) is 53.6 Å². The lowest BCUT2D eigenvalue weighted by Gasteiger charge is -2.11. The van der Waals surface area contributed by atoms with E-state index < -0.39 is 0 Å². The molecule has 0 aliphatic heterocycles. The summed E-state index contributed by atoms with van der Waals surface area (Å²) in [4.78, 5) is 12.1. The van der Waals surface area contributed by atoms with E-state index in [1.54, 1.807) is 37.6 Å². The zero-order valence-corrected chi connectivity index (χ0v) is 17.2. The molecule has 0 aliphatic carbocycles. The van der Waals surface area contributed by atoms with Crippen molar-refractivity contribution in [3.63, 3.8) is 0 Å². The summed E-state index contributed by atoms with van der Waals surface area (Å²) < 4.78 is 7.27. The molecule has 5 nitrogen and oxygen atoms in total. The van der Waals surface area contributed by atoms with Crippen LogP contribution in [0.3, 0.4) is 0 Å². The maximum absolute atomic E-state index is 12.1. The highest BCUT2D eigenvalue weighted by Gasteiger charge is 2.11. The van der Waals surface area contributed by atoms with Gasteiger partial charge in [-0.2, -0.15) is 5.10 Å². The molecular weight excluding hydrogens is 397 g/mol. The number of amides is 1. The number of hydrogen-bond acceptors (Lipinski definition) is 3. The highest BCUT2D eigenvalue weighted by Crippen LogP contribution is 2.28. The summed E-state index contributed by atoms with van der Waals surface area (Å²) in [6.07, 6.45) is 1.62. The molecule has 0 fully saturated rings. The smallest absolute Gasteiger partial charge is 0.271 e. The predicted molar refractivity (Wildman–Crippen MR) is 113 cm³/mol. The standard InChI is InChI=1S/C21H19Cl2N3O2/c1-13-10-16(12-24-25-21(27)15-4-6-17(22)7-5-15)14(2)26(13)18-8-9-20(28-3)19(23)11-18/h4-12H,1-3H3,(H,25,27)/b24-12-. The molecule has 0 saturated carbocycles. The fourth-order valence-corrected chi connectivity index (χ4v) is 3.31. The van der Waals surface area contributed by atoms with E-state index in [4.69, 9.17) is 27.9 Å². The van der Waals surface area contributed by atoms with Gasteiger partial charge in [0.05, 0.1) is 18.3 Å². The first kappa shape index (κ1) is 20.0. The molecule has 0 saturated heterocycles. The molecule has 28 heavy (non-hydrogen) atoms. The number of halogens is 2. The van der Waals surface area contributed by atoms with Crippen molar-refractivity contribution in [3.8, 4) is 11.4 Å². The summed E-state index contributed by atoms with van der Waals surface area (Å²) in [6.45, 7) is 3.97. The molecule has 0 radical (unpaired) electrons. The molecular formula is C21H19Cl2N3O2. The van der Waals surface area contributed by atoms with Crippen molar-refractivity contribution in [3.05, 3.63) is 81.1 Å². The lowest BCUT2D eigenvalue weighted by atomic mass is 10.2. The largest absolute Gasteiger partial charge is 0.495 e. The number of hydrazone groups is 1. The minimum Gasteiger partial charge on any atom is -0.495 e. The summed E-state index contributed by atoms with van der Waals surface area (Å²) in [7, 11) is 1.58. The molecule has 2 aromatic carbocycles. The third kappa shape index (κ3) is 4.21. The maximum atomic E-state index is 12.1. The molecule has 0 aliphatic rings. The first-order valence-corrected chi connectivity index (χ1v) is 9.28. The SMILES string of the molecule is COc1ccc(-n2c(C)cc(/C=N\NC(=O)c3ccc(Cl)cc3)c2C)cc1Cl. The minimum atomic E-state index is -0.302. The van der Waals surface area contributed by atoms with Gasteiger partial charge in [-0.15, -0.1) is 0 Å². The number of nitrogens with zero attached hydrogens (tertiary/aromatic N) is 2. The summed E-state index contributed by atoms with van der Waals surface area (Å²) in [5.74, 6) is 0.322. The van der Waals surface area contributed by atoms with Gasteiger partial charge in [0.15, 0.2) is 0 Å².